The first-order chi connectivity index (χ1) is 8.16. The Hall–Kier alpha value is -1.31. The van der Waals surface area contributed by atoms with Gasteiger partial charge in [0.25, 0.3) is 0 Å². The molecule has 0 amide bonds. The minimum absolute atomic E-state index is 0.588. The third kappa shape index (κ3) is 3.09. The summed E-state index contributed by atoms with van der Waals surface area (Å²) >= 11 is 0. The van der Waals surface area contributed by atoms with Crippen molar-refractivity contribution in [3.8, 4) is 0 Å². The van der Waals surface area contributed by atoms with Gasteiger partial charge in [0.05, 0.1) is 0 Å². The number of hydrogen-bond donors (Lipinski definition) is 1. The normalized spacial score (nSPS) is 24.4. The van der Waals surface area contributed by atoms with Gasteiger partial charge in [0.15, 0.2) is 0 Å². The van der Waals surface area contributed by atoms with Crippen molar-refractivity contribution in [3.63, 3.8) is 0 Å². The molecule has 2 rings (SSSR count). The Morgan fingerprint density at radius 1 is 1.41 bits per heavy atom. The van der Waals surface area contributed by atoms with Crippen LogP contribution in [-0.2, 0) is 0 Å². The maximum Gasteiger partial charge on any atom is 0.0379 e. The first-order valence-electron chi connectivity index (χ1n) is 6.55. The Labute approximate surface area is 104 Å². The van der Waals surface area contributed by atoms with E-state index in [1.54, 1.807) is 0 Å². The van der Waals surface area contributed by atoms with Gasteiger partial charge in [-0.25, -0.2) is 0 Å². The molecule has 0 aliphatic heterocycles. The van der Waals surface area contributed by atoms with Gasteiger partial charge in [0, 0.05) is 29.2 Å². The lowest BCUT2D eigenvalue weighted by atomic mass is 9.85. The molecule has 2 nitrogen and oxygen atoms in total. The molecule has 2 unspecified atom stereocenters. The van der Waals surface area contributed by atoms with Crippen molar-refractivity contribution in [2.24, 2.45) is 5.92 Å². The molecule has 0 aromatic carbocycles. The van der Waals surface area contributed by atoms with E-state index < -0.39 is 0 Å². The third-order valence-corrected chi connectivity index (χ3v) is 3.72. The molecular formula is C15H22N2. The van der Waals surface area contributed by atoms with Crippen LogP contribution in [0.4, 0.5) is 0 Å². The average molecular weight is 230 g/mol. The molecule has 17 heavy (non-hydrogen) atoms. The fourth-order valence-electron chi connectivity index (χ4n) is 2.57. The summed E-state index contributed by atoms with van der Waals surface area (Å²) in [5.41, 5.74) is 3.24. The largest absolute Gasteiger partial charge is 0.382 e. The molecule has 0 radical (unpaired) electrons. The molecular weight excluding hydrogens is 208 g/mol. The van der Waals surface area contributed by atoms with Crippen LogP contribution in [0.1, 0.15) is 43.9 Å². The Morgan fingerprint density at radius 2 is 2.18 bits per heavy atom. The van der Waals surface area contributed by atoms with Crippen LogP contribution in [0.15, 0.2) is 24.9 Å². The van der Waals surface area contributed by atoms with Crippen molar-refractivity contribution < 1.29 is 0 Å². The Kier molecular flexibility index (Phi) is 3.82. The van der Waals surface area contributed by atoms with Gasteiger partial charge in [0.1, 0.15) is 0 Å². The standard InChI is InChI=1S/C15H22N2/c1-11-6-4-5-7-15(11)17-13(3)14-8-9-16-12(2)10-14/h8-11,15,17H,3-7H2,1-2H3. The number of rotatable bonds is 3. The zero-order chi connectivity index (χ0) is 12.3. The minimum atomic E-state index is 0.588. The summed E-state index contributed by atoms with van der Waals surface area (Å²) in [6, 6.07) is 4.70. The van der Waals surface area contributed by atoms with Crippen molar-refractivity contribution in [3.05, 3.63) is 36.2 Å². The maximum atomic E-state index is 4.22. The summed E-state index contributed by atoms with van der Waals surface area (Å²) in [5.74, 6) is 0.753. The number of nitrogens with zero attached hydrogens (tertiary/aromatic N) is 1. The molecule has 2 heteroatoms. The molecule has 1 N–H and O–H groups in total. The van der Waals surface area contributed by atoms with E-state index in [2.05, 4.69) is 29.9 Å². The monoisotopic (exact) mass is 230 g/mol. The van der Waals surface area contributed by atoms with Crippen LogP contribution >= 0.6 is 0 Å². The van der Waals surface area contributed by atoms with Crippen LogP contribution in [0.2, 0.25) is 0 Å². The van der Waals surface area contributed by atoms with Crippen LogP contribution in [0, 0.1) is 12.8 Å². The molecule has 1 aliphatic carbocycles. The summed E-state index contributed by atoms with van der Waals surface area (Å²) in [4.78, 5) is 4.22. The molecule has 1 saturated carbocycles. The highest BCUT2D eigenvalue weighted by molar-refractivity contribution is 5.61. The highest BCUT2D eigenvalue weighted by Crippen LogP contribution is 2.25. The van der Waals surface area contributed by atoms with Gasteiger partial charge < -0.3 is 5.32 Å². The predicted molar refractivity (Wildman–Crippen MR) is 72.6 cm³/mol. The van der Waals surface area contributed by atoms with E-state index in [9.17, 15) is 0 Å². The molecule has 0 spiro atoms. The smallest absolute Gasteiger partial charge is 0.0379 e. The summed E-state index contributed by atoms with van der Waals surface area (Å²) in [7, 11) is 0. The van der Waals surface area contributed by atoms with Crippen molar-refractivity contribution in [1.29, 1.82) is 0 Å². The van der Waals surface area contributed by atoms with Gasteiger partial charge in [-0.3, -0.25) is 4.98 Å². The lowest BCUT2D eigenvalue weighted by Gasteiger charge is -2.31. The molecule has 0 bridgehead atoms. The summed E-state index contributed by atoms with van der Waals surface area (Å²) < 4.78 is 0. The van der Waals surface area contributed by atoms with Crippen LogP contribution in [-0.4, -0.2) is 11.0 Å². The number of hydrogen-bond acceptors (Lipinski definition) is 2. The molecule has 1 aliphatic rings. The minimum Gasteiger partial charge on any atom is -0.382 e. The van der Waals surface area contributed by atoms with Crippen LogP contribution in [0.5, 0.6) is 0 Å². The number of pyridine rings is 1. The Morgan fingerprint density at radius 3 is 2.88 bits per heavy atom. The van der Waals surface area contributed by atoms with Gasteiger partial charge in [-0.05, 0) is 37.8 Å². The second kappa shape index (κ2) is 5.35. The lowest BCUT2D eigenvalue weighted by molar-refractivity contribution is 0.305. The zero-order valence-electron chi connectivity index (χ0n) is 10.9. The number of aryl methyl sites for hydroxylation is 1. The zero-order valence-corrected chi connectivity index (χ0v) is 10.9. The van der Waals surface area contributed by atoms with Crippen molar-refractivity contribution in [1.82, 2.24) is 10.3 Å². The van der Waals surface area contributed by atoms with Crippen molar-refractivity contribution in [2.75, 3.05) is 0 Å². The van der Waals surface area contributed by atoms with Crippen LogP contribution < -0.4 is 5.32 Å². The summed E-state index contributed by atoms with van der Waals surface area (Å²) in [6.45, 7) is 8.50. The fourth-order valence-corrected chi connectivity index (χ4v) is 2.57. The highest BCUT2D eigenvalue weighted by atomic mass is 14.9. The Balaban J connectivity index is 2.01. The van der Waals surface area contributed by atoms with Crippen LogP contribution in [0.3, 0.4) is 0 Å². The molecule has 2 atom stereocenters. The molecule has 1 aromatic rings. The van der Waals surface area contributed by atoms with Gasteiger partial charge in [-0.1, -0.05) is 26.3 Å². The van der Waals surface area contributed by atoms with Gasteiger partial charge in [-0.2, -0.15) is 0 Å². The average Bonchev–Trinajstić information content (AvgIpc) is 2.32. The molecule has 1 heterocycles. The molecule has 92 valence electrons. The second-order valence-electron chi connectivity index (χ2n) is 5.18. The van der Waals surface area contributed by atoms with E-state index in [0.29, 0.717) is 6.04 Å². The molecule has 1 fully saturated rings. The van der Waals surface area contributed by atoms with Crippen molar-refractivity contribution in [2.45, 2.75) is 45.6 Å². The van der Waals surface area contributed by atoms with Gasteiger partial charge in [0.2, 0.25) is 0 Å². The van der Waals surface area contributed by atoms with E-state index >= 15 is 0 Å². The predicted octanol–water partition coefficient (Wildman–Crippen LogP) is 3.53. The third-order valence-electron chi connectivity index (χ3n) is 3.72. The fraction of sp³-hybridized carbons (Fsp3) is 0.533. The second-order valence-corrected chi connectivity index (χ2v) is 5.18. The van der Waals surface area contributed by atoms with Gasteiger partial charge >= 0.3 is 0 Å². The first kappa shape index (κ1) is 12.2. The maximum absolute atomic E-state index is 4.22. The number of nitrogens with one attached hydrogen (secondary N) is 1. The molecule has 1 aromatic heterocycles. The summed E-state index contributed by atoms with van der Waals surface area (Å²) in [5, 5.41) is 3.59. The summed E-state index contributed by atoms with van der Waals surface area (Å²) in [6.07, 6.45) is 7.16. The molecule has 0 saturated heterocycles. The van der Waals surface area contributed by atoms with Gasteiger partial charge in [-0.15, -0.1) is 0 Å². The first-order valence-corrected chi connectivity index (χ1v) is 6.55. The van der Waals surface area contributed by atoms with E-state index in [1.165, 1.54) is 25.7 Å². The van der Waals surface area contributed by atoms with Crippen LogP contribution in [0.25, 0.3) is 5.70 Å². The van der Waals surface area contributed by atoms with E-state index in [0.717, 1.165) is 22.9 Å². The van der Waals surface area contributed by atoms with Crippen molar-refractivity contribution >= 4 is 5.70 Å². The van der Waals surface area contributed by atoms with E-state index in [1.807, 2.05) is 19.2 Å². The highest BCUT2D eigenvalue weighted by Gasteiger charge is 2.21. The topological polar surface area (TPSA) is 24.9 Å². The van der Waals surface area contributed by atoms with E-state index in [4.69, 9.17) is 0 Å². The SMILES string of the molecule is C=C(NC1CCCCC1C)c1ccnc(C)c1. The Bertz CT molecular complexity index is 398. The lowest BCUT2D eigenvalue weighted by Crippen LogP contribution is -2.35. The number of aromatic nitrogens is 1. The van der Waals surface area contributed by atoms with E-state index in [-0.39, 0.29) is 0 Å². The quantitative estimate of drug-likeness (QED) is 0.859.